The molecule has 2 unspecified atom stereocenters. The van der Waals surface area contributed by atoms with E-state index in [0.717, 1.165) is 34.4 Å². The van der Waals surface area contributed by atoms with Crippen LogP contribution >= 0.6 is 0 Å². The second kappa shape index (κ2) is 9.68. The van der Waals surface area contributed by atoms with Crippen molar-refractivity contribution in [2.75, 3.05) is 13.2 Å². The number of urea groups is 1. The maximum absolute atomic E-state index is 14.0. The van der Waals surface area contributed by atoms with Crippen LogP contribution in [0.15, 0.2) is 48.8 Å². The fraction of sp³-hybridized carbons (Fsp3) is 0.367. The predicted molar refractivity (Wildman–Crippen MR) is 146 cm³/mol. The number of amides is 5. The first-order chi connectivity index (χ1) is 20.2. The molecular formula is C30H29FN6O5. The highest BCUT2D eigenvalue weighted by Crippen LogP contribution is 2.43. The molecule has 12 heteroatoms. The fourth-order valence-corrected chi connectivity index (χ4v) is 6.48. The van der Waals surface area contributed by atoms with Crippen molar-refractivity contribution in [3.05, 3.63) is 71.3 Å². The van der Waals surface area contributed by atoms with E-state index in [1.807, 2.05) is 18.2 Å². The van der Waals surface area contributed by atoms with Crippen molar-refractivity contribution >= 4 is 23.8 Å². The van der Waals surface area contributed by atoms with Gasteiger partial charge in [0.1, 0.15) is 36.8 Å². The number of carbonyl (C=O) groups is 4. The zero-order chi connectivity index (χ0) is 29.2. The average Bonchev–Trinajstić information content (AvgIpc) is 3.57. The molecule has 0 radical (unpaired) electrons. The number of nitrogens with one attached hydrogen (secondary N) is 1. The van der Waals surface area contributed by atoms with Crippen molar-refractivity contribution in [1.29, 1.82) is 0 Å². The number of rotatable bonds is 6. The number of imide groups is 1. The number of aromatic nitrogens is 2. The van der Waals surface area contributed by atoms with Gasteiger partial charge in [-0.15, -0.1) is 0 Å². The zero-order valence-corrected chi connectivity index (χ0v) is 22.7. The molecule has 2 fully saturated rings. The summed E-state index contributed by atoms with van der Waals surface area (Å²) in [4.78, 5) is 54.6. The van der Waals surface area contributed by atoms with Crippen LogP contribution in [0.3, 0.4) is 0 Å². The number of ether oxygens (including phenoxy) is 1. The summed E-state index contributed by atoms with van der Waals surface area (Å²) in [5.74, 6) is -0.954. The Kier molecular flexibility index (Phi) is 6.03. The fourth-order valence-electron chi connectivity index (χ4n) is 6.48. The molecule has 1 aromatic heterocycles. The van der Waals surface area contributed by atoms with E-state index in [4.69, 9.17) is 10.5 Å². The number of nitrogens with two attached hydrogens (primary N) is 1. The van der Waals surface area contributed by atoms with E-state index in [1.54, 1.807) is 23.4 Å². The number of halogens is 1. The van der Waals surface area contributed by atoms with Crippen molar-refractivity contribution in [2.24, 2.45) is 11.7 Å². The standard InChI is InChI=1S/C30H29FN6O5/c31-22-4-6-25-20(10-22)13-36(24(16-42-25)17-1-2-17)27(39)15-37-28(40)30(34-29(37)41)8-7-19-9-18(3-5-23(19)30)21-11-33-35(12-21)14-26(32)38/h3-6,9-12,17,24H,1-2,7-8,13-16H2,(H2,32,38)(H,34,41). The second-order valence-corrected chi connectivity index (χ2v) is 11.5. The van der Waals surface area contributed by atoms with Gasteiger partial charge in [-0.25, -0.2) is 9.18 Å². The SMILES string of the molecule is NC(=O)Cn1cc(-c2ccc3c(c2)CCC32NC(=O)N(CC(=O)N3Cc4cc(F)ccc4OCC3C3CC3)C2=O)cn1. The minimum Gasteiger partial charge on any atom is -0.491 e. The molecule has 11 nitrogen and oxygen atoms in total. The molecule has 2 aliphatic carbocycles. The summed E-state index contributed by atoms with van der Waals surface area (Å²) in [5.41, 5.74) is 7.84. The second-order valence-electron chi connectivity index (χ2n) is 11.5. The lowest BCUT2D eigenvalue weighted by atomic mass is 9.90. The van der Waals surface area contributed by atoms with Crippen LogP contribution in [-0.2, 0) is 39.4 Å². The van der Waals surface area contributed by atoms with Crippen LogP contribution in [0.1, 0.15) is 36.0 Å². The Labute approximate surface area is 240 Å². The average molecular weight is 573 g/mol. The van der Waals surface area contributed by atoms with E-state index in [0.29, 0.717) is 29.7 Å². The van der Waals surface area contributed by atoms with Crippen LogP contribution in [-0.4, -0.2) is 62.5 Å². The summed E-state index contributed by atoms with van der Waals surface area (Å²) < 4.78 is 21.4. The zero-order valence-electron chi connectivity index (χ0n) is 22.7. The van der Waals surface area contributed by atoms with E-state index < -0.39 is 35.7 Å². The van der Waals surface area contributed by atoms with E-state index >= 15 is 0 Å². The Morgan fingerprint density at radius 3 is 2.71 bits per heavy atom. The minimum atomic E-state index is -1.24. The molecule has 3 heterocycles. The molecule has 216 valence electrons. The van der Waals surface area contributed by atoms with Gasteiger partial charge in [0, 0.05) is 23.9 Å². The third-order valence-electron chi connectivity index (χ3n) is 8.75. The lowest BCUT2D eigenvalue weighted by molar-refractivity contribution is -0.141. The number of aryl methyl sites for hydroxylation is 1. The van der Waals surface area contributed by atoms with Crippen LogP contribution in [0.25, 0.3) is 11.1 Å². The summed E-state index contributed by atoms with van der Waals surface area (Å²) in [5, 5.41) is 7.06. The monoisotopic (exact) mass is 572 g/mol. The lowest BCUT2D eigenvalue weighted by Crippen LogP contribution is -2.49. The van der Waals surface area contributed by atoms with Crippen molar-refractivity contribution in [3.8, 4) is 16.9 Å². The molecule has 1 saturated heterocycles. The van der Waals surface area contributed by atoms with Gasteiger partial charge >= 0.3 is 6.03 Å². The van der Waals surface area contributed by atoms with Gasteiger partial charge in [-0.2, -0.15) is 5.10 Å². The van der Waals surface area contributed by atoms with Gasteiger partial charge in [0.25, 0.3) is 5.91 Å². The van der Waals surface area contributed by atoms with Crippen LogP contribution < -0.4 is 15.8 Å². The maximum Gasteiger partial charge on any atom is 0.325 e. The smallest absolute Gasteiger partial charge is 0.325 e. The van der Waals surface area contributed by atoms with E-state index in [1.165, 1.54) is 16.8 Å². The number of hydrogen-bond donors (Lipinski definition) is 2. The van der Waals surface area contributed by atoms with E-state index in [2.05, 4.69) is 10.4 Å². The first-order valence-electron chi connectivity index (χ1n) is 14.0. The molecule has 2 atom stereocenters. The largest absolute Gasteiger partial charge is 0.491 e. The summed E-state index contributed by atoms with van der Waals surface area (Å²) in [6.07, 6.45) is 6.21. The Bertz CT molecular complexity index is 1650. The highest BCUT2D eigenvalue weighted by molar-refractivity contribution is 6.10. The number of carbonyl (C=O) groups excluding carboxylic acids is 4. The molecule has 1 spiro atoms. The van der Waals surface area contributed by atoms with Gasteiger partial charge < -0.3 is 20.7 Å². The molecule has 5 amide bonds. The topological polar surface area (TPSA) is 140 Å². The quantitative estimate of drug-likeness (QED) is 0.434. The first-order valence-corrected chi connectivity index (χ1v) is 14.0. The van der Waals surface area contributed by atoms with Crippen LogP contribution in [0.2, 0.25) is 0 Å². The van der Waals surface area contributed by atoms with Gasteiger partial charge in [0.15, 0.2) is 0 Å². The van der Waals surface area contributed by atoms with Gasteiger partial charge in [-0.3, -0.25) is 24.0 Å². The van der Waals surface area contributed by atoms with Crippen LogP contribution in [0.4, 0.5) is 9.18 Å². The lowest BCUT2D eigenvalue weighted by Gasteiger charge is -2.30. The van der Waals surface area contributed by atoms with Crippen molar-refractivity contribution in [3.63, 3.8) is 0 Å². The highest BCUT2D eigenvalue weighted by Gasteiger charge is 2.56. The molecule has 4 aliphatic rings. The summed E-state index contributed by atoms with van der Waals surface area (Å²) in [6.45, 7) is -0.0229. The molecule has 2 aromatic carbocycles. The normalized spacial score (nSPS) is 22.9. The Morgan fingerprint density at radius 1 is 1.10 bits per heavy atom. The Balaban J connectivity index is 1.12. The van der Waals surface area contributed by atoms with Crippen molar-refractivity contribution < 1.29 is 28.3 Å². The van der Waals surface area contributed by atoms with E-state index in [-0.39, 0.29) is 37.6 Å². The Hall–Kier alpha value is -4.74. The minimum absolute atomic E-state index is 0.0294. The molecular weight excluding hydrogens is 543 g/mol. The molecule has 2 aliphatic heterocycles. The summed E-state index contributed by atoms with van der Waals surface area (Å²) >= 11 is 0. The molecule has 3 N–H and O–H groups in total. The summed E-state index contributed by atoms with van der Waals surface area (Å²) in [7, 11) is 0. The van der Waals surface area contributed by atoms with Crippen LogP contribution in [0.5, 0.6) is 5.75 Å². The van der Waals surface area contributed by atoms with Gasteiger partial charge in [0.05, 0.1) is 12.2 Å². The predicted octanol–water partition coefficient (Wildman–Crippen LogP) is 2.07. The van der Waals surface area contributed by atoms with Gasteiger partial charge in [-0.1, -0.05) is 18.2 Å². The van der Waals surface area contributed by atoms with E-state index in [9.17, 15) is 23.6 Å². The van der Waals surface area contributed by atoms with Gasteiger partial charge in [0.2, 0.25) is 11.8 Å². The van der Waals surface area contributed by atoms with Crippen molar-refractivity contribution in [1.82, 2.24) is 24.9 Å². The first kappa shape index (κ1) is 26.2. The van der Waals surface area contributed by atoms with Crippen molar-refractivity contribution in [2.45, 2.75) is 50.4 Å². The number of benzene rings is 2. The summed E-state index contributed by atoms with van der Waals surface area (Å²) in [6, 6.07) is 9.05. The van der Waals surface area contributed by atoms with Crippen LogP contribution in [0, 0.1) is 11.7 Å². The molecule has 0 bridgehead atoms. The molecule has 3 aromatic rings. The highest BCUT2D eigenvalue weighted by atomic mass is 19.1. The number of nitrogens with zero attached hydrogens (tertiary/aromatic N) is 4. The molecule has 42 heavy (non-hydrogen) atoms. The number of primary amides is 1. The Morgan fingerprint density at radius 2 is 1.93 bits per heavy atom. The molecule has 1 saturated carbocycles. The third-order valence-corrected chi connectivity index (χ3v) is 8.75. The van der Waals surface area contributed by atoms with Gasteiger partial charge in [-0.05, 0) is 66.5 Å². The maximum atomic E-state index is 14.0. The third kappa shape index (κ3) is 4.38. The number of fused-ring (bicyclic) bond motifs is 3. The number of hydrogen-bond acceptors (Lipinski definition) is 6. The molecule has 7 rings (SSSR count).